The molecule has 3 rings (SSSR count). The number of carbonyl (C=O) groups excluding carboxylic acids is 2. The molecule has 0 saturated heterocycles. The number of anilines is 1. The highest BCUT2D eigenvalue weighted by atomic mass is 16.2. The van der Waals surface area contributed by atoms with E-state index in [1.807, 2.05) is 73.6 Å². The van der Waals surface area contributed by atoms with Crippen molar-refractivity contribution >= 4 is 17.4 Å². The van der Waals surface area contributed by atoms with Gasteiger partial charge in [-0.05, 0) is 43.7 Å². The predicted octanol–water partition coefficient (Wildman–Crippen LogP) is 3.05. The standard InChI is InChI=1S/C22H24N4O2/c1-15-20(16(2)26(24-15)19-8-6-5-7-9-19)21(27)22(28)23-14-17-10-12-18(13-11-17)25(3)4/h5-13H,14H2,1-4H3,(H,23,28). The van der Waals surface area contributed by atoms with E-state index < -0.39 is 11.7 Å². The lowest BCUT2D eigenvalue weighted by molar-refractivity contribution is -0.117. The van der Waals surface area contributed by atoms with Gasteiger partial charge in [0.25, 0.3) is 11.7 Å². The molecule has 1 heterocycles. The molecule has 1 amide bonds. The minimum atomic E-state index is -0.629. The largest absolute Gasteiger partial charge is 0.378 e. The molecule has 1 aromatic heterocycles. The fraction of sp³-hybridized carbons (Fsp3) is 0.227. The molecule has 0 radical (unpaired) electrons. The first-order chi connectivity index (χ1) is 13.4. The van der Waals surface area contributed by atoms with E-state index in [0.29, 0.717) is 23.5 Å². The second-order valence-electron chi connectivity index (χ2n) is 6.87. The summed E-state index contributed by atoms with van der Waals surface area (Å²) in [5, 5.41) is 7.15. The lowest BCUT2D eigenvalue weighted by atomic mass is 10.1. The quantitative estimate of drug-likeness (QED) is 0.530. The van der Waals surface area contributed by atoms with Gasteiger partial charge in [0.05, 0.1) is 22.6 Å². The lowest BCUT2D eigenvalue weighted by Gasteiger charge is -2.12. The summed E-state index contributed by atoms with van der Waals surface area (Å²) in [6.45, 7) is 3.84. The van der Waals surface area contributed by atoms with Crippen molar-refractivity contribution in [2.24, 2.45) is 0 Å². The van der Waals surface area contributed by atoms with E-state index in [-0.39, 0.29) is 0 Å². The summed E-state index contributed by atoms with van der Waals surface area (Å²) < 4.78 is 1.69. The van der Waals surface area contributed by atoms with E-state index in [1.54, 1.807) is 18.5 Å². The van der Waals surface area contributed by atoms with Crippen LogP contribution in [0.15, 0.2) is 54.6 Å². The highest BCUT2D eigenvalue weighted by molar-refractivity contribution is 6.43. The zero-order valence-corrected chi connectivity index (χ0v) is 16.6. The normalized spacial score (nSPS) is 10.6. The first-order valence-corrected chi connectivity index (χ1v) is 9.09. The number of hydrogen-bond donors (Lipinski definition) is 1. The third kappa shape index (κ3) is 3.96. The fourth-order valence-corrected chi connectivity index (χ4v) is 3.08. The summed E-state index contributed by atoms with van der Waals surface area (Å²) in [5.41, 5.74) is 4.40. The number of nitrogens with one attached hydrogen (secondary N) is 1. The zero-order chi connectivity index (χ0) is 20.3. The molecule has 0 fully saturated rings. The van der Waals surface area contributed by atoms with Gasteiger partial charge in [0.2, 0.25) is 0 Å². The van der Waals surface area contributed by atoms with Crippen molar-refractivity contribution in [2.45, 2.75) is 20.4 Å². The monoisotopic (exact) mass is 376 g/mol. The average molecular weight is 376 g/mol. The molecule has 144 valence electrons. The first kappa shape index (κ1) is 19.4. The van der Waals surface area contributed by atoms with Gasteiger partial charge < -0.3 is 10.2 Å². The van der Waals surface area contributed by atoms with Crippen LogP contribution in [0.5, 0.6) is 0 Å². The van der Waals surface area contributed by atoms with Crippen LogP contribution in [-0.2, 0) is 11.3 Å². The van der Waals surface area contributed by atoms with Crippen LogP contribution in [0.4, 0.5) is 5.69 Å². The molecule has 0 spiro atoms. The summed E-state index contributed by atoms with van der Waals surface area (Å²) in [7, 11) is 3.94. The van der Waals surface area contributed by atoms with Gasteiger partial charge >= 0.3 is 0 Å². The summed E-state index contributed by atoms with van der Waals surface area (Å²) in [6.07, 6.45) is 0. The minimum Gasteiger partial charge on any atom is -0.378 e. The highest BCUT2D eigenvalue weighted by Gasteiger charge is 2.24. The molecule has 0 aliphatic carbocycles. The lowest BCUT2D eigenvalue weighted by Crippen LogP contribution is -2.31. The van der Waals surface area contributed by atoms with E-state index in [2.05, 4.69) is 10.4 Å². The number of rotatable bonds is 6. The Hall–Kier alpha value is -3.41. The Labute approximate surface area is 164 Å². The highest BCUT2D eigenvalue weighted by Crippen LogP contribution is 2.18. The van der Waals surface area contributed by atoms with Crippen molar-refractivity contribution in [1.29, 1.82) is 0 Å². The van der Waals surface area contributed by atoms with Crippen LogP contribution in [0.1, 0.15) is 27.3 Å². The molecule has 28 heavy (non-hydrogen) atoms. The van der Waals surface area contributed by atoms with E-state index in [4.69, 9.17) is 0 Å². The van der Waals surface area contributed by atoms with Gasteiger partial charge in [-0.1, -0.05) is 30.3 Å². The molecule has 0 aliphatic heterocycles. The third-order valence-electron chi connectivity index (χ3n) is 4.63. The summed E-state index contributed by atoms with van der Waals surface area (Å²) >= 11 is 0. The fourth-order valence-electron chi connectivity index (χ4n) is 3.08. The number of ketones is 1. The average Bonchev–Trinajstić information content (AvgIpc) is 3.00. The molecule has 6 nitrogen and oxygen atoms in total. The number of hydrogen-bond acceptors (Lipinski definition) is 4. The van der Waals surface area contributed by atoms with Gasteiger partial charge in [0.15, 0.2) is 0 Å². The van der Waals surface area contributed by atoms with Crippen LogP contribution in [0.25, 0.3) is 5.69 Å². The van der Waals surface area contributed by atoms with Gasteiger partial charge in [-0.15, -0.1) is 0 Å². The van der Waals surface area contributed by atoms with Crippen molar-refractivity contribution in [2.75, 3.05) is 19.0 Å². The number of aryl methyl sites for hydroxylation is 1. The zero-order valence-electron chi connectivity index (χ0n) is 16.6. The minimum absolute atomic E-state index is 0.295. The van der Waals surface area contributed by atoms with Crippen LogP contribution in [0.2, 0.25) is 0 Å². The number of amides is 1. The molecule has 0 unspecified atom stereocenters. The Morgan fingerprint density at radius 3 is 2.25 bits per heavy atom. The van der Waals surface area contributed by atoms with Crippen LogP contribution in [0, 0.1) is 13.8 Å². The van der Waals surface area contributed by atoms with Crippen molar-refractivity contribution in [3.8, 4) is 5.69 Å². The van der Waals surface area contributed by atoms with Crippen LogP contribution >= 0.6 is 0 Å². The van der Waals surface area contributed by atoms with Crippen molar-refractivity contribution in [3.63, 3.8) is 0 Å². The topological polar surface area (TPSA) is 67.2 Å². The summed E-state index contributed by atoms with van der Waals surface area (Å²) in [6, 6.07) is 17.4. The predicted molar refractivity (Wildman–Crippen MR) is 110 cm³/mol. The number of benzene rings is 2. The van der Waals surface area contributed by atoms with Gasteiger partial charge in [-0.2, -0.15) is 5.10 Å². The van der Waals surface area contributed by atoms with Crippen molar-refractivity contribution in [1.82, 2.24) is 15.1 Å². The SMILES string of the molecule is Cc1nn(-c2ccccc2)c(C)c1C(=O)C(=O)NCc1ccc(N(C)C)cc1. The Morgan fingerprint density at radius 1 is 1.00 bits per heavy atom. The molecule has 1 N–H and O–H groups in total. The molecule has 2 aromatic carbocycles. The van der Waals surface area contributed by atoms with Gasteiger partial charge in [-0.3, -0.25) is 9.59 Å². The molecular weight excluding hydrogens is 352 g/mol. The molecular formula is C22H24N4O2. The van der Waals surface area contributed by atoms with Gasteiger partial charge in [-0.25, -0.2) is 4.68 Å². The molecule has 0 atom stereocenters. The van der Waals surface area contributed by atoms with Gasteiger partial charge in [0.1, 0.15) is 0 Å². The molecule has 3 aromatic rings. The number of aromatic nitrogens is 2. The Morgan fingerprint density at radius 2 is 1.64 bits per heavy atom. The van der Waals surface area contributed by atoms with Crippen LogP contribution < -0.4 is 10.2 Å². The van der Waals surface area contributed by atoms with Crippen LogP contribution in [0.3, 0.4) is 0 Å². The maximum atomic E-state index is 12.7. The van der Waals surface area contributed by atoms with Crippen molar-refractivity contribution in [3.05, 3.63) is 77.1 Å². The number of nitrogens with zero attached hydrogens (tertiary/aromatic N) is 3. The number of carbonyl (C=O) groups is 2. The summed E-state index contributed by atoms with van der Waals surface area (Å²) in [4.78, 5) is 27.2. The Bertz CT molecular complexity index is 989. The first-order valence-electron chi connectivity index (χ1n) is 9.09. The second kappa shape index (κ2) is 8.08. The maximum absolute atomic E-state index is 12.7. The molecule has 6 heteroatoms. The van der Waals surface area contributed by atoms with Gasteiger partial charge in [0, 0.05) is 26.3 Å². The van der Waals surface area contributed by atoms with E-state index >= 15 is 0 Å². The Kier molecular flexibility index (Phi) is 5.59. The second-order valence-corrected chi connectivity index (χ2v) is 6.87. The Balaban J connectivity index is 1.73. The maximum Gasteiger partial charge on any atom is 0.292 e. The van der Waals surface area contributed by atoms with Crippen LogP contribution in [-0.4, -0.2) is 35.6 Å². The smallest absolute Gasteiger partial charge is 0.292 e. The molecule has 0 saturated carbocycles. The van der Waals surface area contributed by atoms with Crippen molar-refractivity contribution < 1.29 is 9.59 Å². The number of para-hydroxylation sites is 1. The van der Waals surface area contributed by atoms with E-state index in [9.17, 15) is 9.59 Å². The summed E-state index contributed by atoms with van der Waals surface area (Å²) in [5.74, 6) is -1.20. The van der Waals surface area contributed by atoms with E-state index in [0.717, 1.165) is 16.9 Å². The van der Waals surface area contributed by atoms with E-state index in [1.165, 1.54) is 0 Å². The molecule has 0 aliphatic rings. The number of Topliss-reactive ketones (excluding diaryl/α,β-unsaturated/α-hetero) is 1. The molecule has 0 bridgehead atoms. The third-order valence-corrected chi connectivity index (χ3v) is 4.63.